The lowest BCUT2D eigenvalue weighted by Crippen LogP contribution is -2.43. The Kier molecular flexibility index (Phi) is 8.45. The minimum Gasteiger partial charge on any atom is -0.490 e. The van der Waals surface area contributed by atoms with Gasteiger partial charge in [-0.2, -0.15) is 0 Å². The zero-order valence-electron chi connectivity index (χ0n) is 21.2. The zero-order valence-corrected chi connectivity index (χ0v) is 22.0. The standard InChI is InChI=1S/C29H30N4O4S/c1-32-20-17-31-28(32)38-21-15-22-5-7-25(8-6-22)37-29(34)33-18-13-26(14-19-33)35-23-9-11-24(12-10-23)36-27-4-2-3-16-30-27/h2-12,16-17,20,26H,13-15,18-19,21H2,1H3. The maximum atomic E-state index is 12.7. The first-order valence-corrected chi connectivity index (χ1v) is 13.6. The van der Waals surface area contributed by atoms with Crippen LogP contribution in [0.5, 0.6) is 23.1 Å². The van der Waals surface area contributed by atoms with Crippen LogP contribution in [0.4, 0.5) is 4.79 Å². The Morgan fingerprint density at radius 1 is 0.921 bits per heavy atom. The van der Waals surface area contributed by atoms with Gasteiger partial charge < -0.3 is 23.7 Å². The van der Waals surface area contributed by atoms with Crippen LogP contribution in [0.3, 0.4) is 0 Å². The van der Waals surface area contributed by atoms with Gasteiger partial charge in [0.05, 0.1) is 0 Å². The number of rotatable bonds is 9. The maximum Gasteiger partial charge on any atom is 0.415 e. The van der Waals surface area contributed by atoms with E-state index in [1.165, 1.54) is 5.56 Å². The summed E-state index contributed by atoms with van der Waals surface area (Å²) in [5, 5.41) is 1.01. The Balaban J connectivity index is 1.03. The molecule has 1 aliphatic heterocycles. The van der Waals surface area contributed by atoms with E-state index in [4.69, 9.17) is 14.2 Å². The number of piperidine rings is 1. The smallest absolute Gasteiger partial charge is 0.415 e. The van der Waals surface area contributed by atoms with Crippen LogP contribution in [0.15, 0.2) is 90.5 Å². The molecule has 38 heavy (non-hydrogen) atoms. The predicted octanol–water partition coefficient (Wildman–Crippen LogP) is 5.98. The van der Waals surface area contributed by atoms with Gasteiger partial charge in [-0.25, -0.2) is 14.8 Å². The molecule has 0 spiro atoms. The number of carbonyl (C=O) groups excluding carboxylic acids is 1. The summed E-state index contributed by atoms with van der Waals surface area (Å²) < 4.78 is 19.5. The second kappa shape index (κ2) is 12.5. The molecule has 2 aromatic carbocycles. The summed E-state index contributed by atoms with van der Waals surface area (Å²) in [5.41, 5.74) is 1.20. The summed E-state index contributed by atoms with van der Waals surface area (Å²) in [5.74, 6) is 3.51. The molecule has 196 valence electrons. The molecule has 1 saturated heterocycles. The second-order valence-electron chi connectivity index (χ2n) is 8.98. The van der Waals surface area contributed by atoms with E-state index in [2.05, 4.69) is 9.97 Å². The van der Waals surface area contributed by atoms with Gasteiger partial charge in [-0.3, -0.25) is 0 Å². The number of aromatic nitrogens is 3. The van der Waals surface area contributed by atoms with Crippen LogP contribution < -0.4 is 14.2 Å². The van der Waals surface area contributed by atoms with Gasteiger partial charge in [0.15, 0.2) is 5.16 Å². The number of likely N-dealkylation sites (tertiary alicyclic amines) is 1. The molecule has 0 aliphatic carbocycles. The minimum atomic E-state index is -0.322. The molecule has 0 N–H and O–H groups in total. The fraction of sp³-hybridized carbons (Fsp3) is 0.276. The van der Waals surface area contributed by atoms with Crippen LogP contribution in [0.25, 0.3) is 0 Å². The normalized spacial score (nSPS) is 13.8. The van der Waals surface area contributed by atoms with Crippen LogP contribution in [0.2, 0.25) is 0 Å². The largest absolute Gasteiger partial charge is 0.490 e. The molecule has 0 saturated carbocycles. The monoisotopic (exact) mass is 530 g/mol. The van der Waals surface area contributed by atoms with Gasteiger partial charge in [-0.15, -0.1) is 0 Å². The number of carbonyl (C=O) groups is 1. The van der Waals surface area contributed by atoms with E-state index in [1.54, 1.807) is 29.1 Å². The molecule has 4 aromatic rings. The van der Waals surface area contributed by atoms with E-state index < -0.39 is 0 Å². The molecule has 5 rings (SSSR count). The van der Waals surface area contributed by atoms with Crippen molar-refractivity contribution < 1.29 is 19.0 Å². The van der Waals surface area contributed by atoms with Gasteiger partial charge in [0.1, 0.15) is 23.4 Å². The Bertz CT molecular complexity index is 1300. The Labute approximate surface area is 226 Å². The van der Waals surface area contributed by atoms with E-state index in [1.807, 2.05) is 84.5 Å². The number of aryl methyl sites for hydroxylation is 2. The average Bonchev–Trinajstić information content (AvgIpc) is 3.36. The number of nitrogens with zero attached hydrogens (tertiary/aromatic N) is 4. The predicted molar refractivity (Wildman–Crippen MR) is 146 cm³/mol. The number of amides is 1. The van der Waals surface area contributed by atoms with Crippen molar-refractivity contribution in [1.29, 1.82) is 0 Å². The third-order valence-electron chi connectivity index (χ3n) is 6.21. The lowest BCUT2D eigenvalue weighted by Gasteiger charge is -2.31. The summed E-state index contributed by atoms with van der Waals surface area (Å²) in [6.45, 7) is 1.18. The van der Waals surface area contributed by atoms with Gasteiger partial charge >= 0.3 is 6.09 Å². The number of pyridine rings is 1. The molecular formula is C29H30N4O4S. The second-order valence-corrected chi connectivity index (χ2v) is 10.0. The van der Waals surface area contributed by atoms with E-state index in [-0.39, 0.29) is 12.2 Å². The first kappa shape index (κ1) is 25.7. The van der Waals surface area contributed by atoms with Crippen molar-refractivity contribution in [2.45, 2.75) is 30.5 Å². The van der Waals surface area contributed by atoms with Crippen molar-refractivity contribution in [2.75, 3.05) is 18.8 Å². The number of hydrogen-bond donors (Lipinski definition) is 0. The molecular weight excluding hydrogens is 500 g/mol. The van der Waals surface area contributed by atoms with Crippen molar-refractivity contribution in [3.63, 3.8) is 0 Å². The molecule has 0 unspecified atom stereocenters. The highest BCUT2D eigenvalue weighted by Gasteiger charge is 2.25. The summed E-state index contributed by atoms with van der Waals surface area (Å²) >= 11 is 1.73. The number of ether oxygens (including phenoxy) is 3. The topological polar surface area (TPSA) is 78.7 Å². The van der Waals surface area contributed by atoms with Crippen LogP contribution in [-0.2, 0) is 13.5 Å². The highest BCUT2D eigenvalue weighted by molar-refractivity contribution is 7.99. The SMILES string of the molecule is Cn1ccnc1SCCc1ccc(OC(=O)N2CCC(Oc3ccc(Oc4ccccn4)cc3)CC2)cc1. The van der Waals surface area contributed by atoms with E-state index in [0.29, 0.717) is 30.5 Å². The third-order valence-corrected chi connectivity index (χ3v) is 7.27. The fourth-order valence-corrected chi connectivity index (χ4v) is 5.02. The van der Waals surface area contributed by atoms with E-state index >= 15 is 0 Å². The maximum absolute atomic E-state index is 12.7. The number of hydrogen-bond acceptors (Lipinski definition) is 7. The van der Waals surface area contributed by atoms with Crippen LogP contribution in [0, 0.1) is 0 Å². The quantitative estimate of drug-likeness (QED) is 0.246. The fourth-order valence-electron chi connectivity index (χ4n) is 4.10. The van der Waals surface area contributed by atoms with Crippen LogP contribution in [0.1, 0.15) is 18.4 Å². The van der Waals surface area contributed by atoms with Crippen molar-refractivity contribution in [3.05, 3.63) is 90.9 Å². The first-order valence-electron chi connectivity index (χ1n) is 12.6. The molecule has 1 amide bonds. The molecule has 0 atom stereocenters. The van der Waals surface area contributed by atoms with Crippen molar-refractivity contribution in [1.82, 2.24) is 19.4 Å². The van der Waals surface area contributed by atoms with Gasteiger partial charge in [0.25, 0.3) is 0 Å². The molecule has 0 radical (unpaired) electrons. The average molecular weight is 531 g/mol. The van der Waals surface area contributed by atoms with Gasteiger partial charge in [-0.1, -0.05) is 30.0 Å². The number of thioether (sulfide) groups is 1. The van der Waals surface area contributed by atoms with Crippen LogP contribution >= 0.6 is 11.8 Å². The van der Waals surface area contributed by atoms with Crippen molar-refractivity contribution in [3.8, 4) is 23.1 Å². The van der Waals surface area contributed by atoms with Crippen LogP contribution in [-0.4, -0.2) is 50.5 Å². The van der Waals surface area contributed by atoms with Gasteiger partial charge in [0, 0.05) is 63.4 Å². The van der Waals surface area contributed by atoms with Gasteiger partial charge in [0.2, 0.25) is 5.88 Å². The molecule has 8 nitrogen and oxygen atoms in total. The van der Waals surface area contributed by atoms with Gasteiger partial charge in [-0.05, 0) is 54.4 Å². The van der Waals surface area contributed by atoms with E-state index in [0.717, 1.165) is 35.9 Å². The molecule has 1 aliphatic rings. The van der Waals surface area contributed by atoms with E-state index in [9.17, 15) is 4.79 Å². The summed E-state index contributed by atoms with van der Waals surface area (Å²) in [7, 11) is 1.99. The Hall–Kier alpha value is -3.98. The number of benzene rings is 2. The molecule has 0 bridgehead atoms. The summed E-state index contributed by atoms with van der Waals surface area (Å²) in [6.07, 6.45) is 7.57. The third kappa shape index (κ3) is 7.07. The molecule has 2 aromatic heterocycles. The molecule has 3 heterocycles. The van der Waals surface area contributed by atoms with Crippen molar-refractivity contribution >= 4 is 17.9 Å². The number of imidazole rings is 1. The molecule has 1 fully saturated rings. The Morgan fingerprint density at radius 3 is 2.34 bits per heavy atom. The zero-order chi connectivity index (χ0) is 26.2. The lowest BCUT2D eigenvalue weighted by molar-refractivity contribution is 0.0930. The first-order chi connectivity index (χ1) is 18.6. The van der Waals surface area contributed by atoms with Crippen molar-refractivity contribution in [2.24, 2.45) is 7.05 Å². The Morgan fingerprint density at radius 2 is 1.66 bits per heavy atom. The highest BCUT2D eigenvalue weighted by Crippen LogP contribution is 2.25. The minimum absolute atomic E-state index is 0.0459. The molecule has 9 heteroatoms. The summed E-state index contributed by atoms with van der Waals surface area (Å²) in [4.78, 5) is 22.9. The highest BCUT2D eigenvalue weighted by atomic mass is 32.2. The summed E-state index contributed by atoms with van der Waals surface area (Å²) in [6, 6.07) is 20.8. The lowest BCUT2D eigenvalue weighted by atomic mass is 10.1.